The predicted molar refractivity (Wildman–Crippen MR) is 74.0 cm³/mol. The van der Waals surface area contributed by atoms with Gasteiger partial charge in [0.15, 0.2) is 0 Å². The van der Waals surface area contributed by atoms with Gasteiger partial charge < -0.3 is 10.6 Å². The standard InChI is InChI=1S/C14H30N2O/c1-11(2)8-7-9-12(3)15-10-13(17)16-14(4,5)6/h11-12,15H,7-10H2,1-6H3,(H,16,17). The number of rotatable bonds is 7. The molecule has 3 heteroatoms. The second-order valence-electron chi connectivity index (χ2n) is 6.40. The van der Waals surface area contributed by atoms with Crippen molar-refractivity contribution in [2.45, 2.75) is 72.4 Å². The topological polar surface area (TPSA) is 41.1 Å². The van der Waals surface area contributed by atoms with Gasteiger partial charge in [0, 0.05) is 11.6 Å². The smallest absolute Gasteiger partial charge is 0.234 e. The molecule has 0 radical (unpaired) electrons. The highest BCUT2D eigenvalue weighted by atomic mass is 16.2. The molecule has 0 aromatic heterocycles. The lowest BCUT2D eigenvalue weighted by Gasteiger charge is -2.21. The molecule has 1 amide bonds. The van der Waals surface area contributed by atoms with E-state index in [9.17, 15) is 4.79 Å². The predicted octanol–water partition coefficient (Wildman–Crippen LogP) is 2.71. The van der Waals surface area contributed by atoms with E-state index in [1.54, 1.807) is 0 Å². The maximum atomic E-state index is 11.6. The molecule has 0 rings (SSSR count). The van der Waals surface area contributed by atoms with Crippen LogP contribution in [0.25, 0.3) is 0 Å². The molecule has 2 N–H and O–H groups in total. The Bertz CT molecular complexity index is 219. The van der Waals surface area contributed by atoms with Crippen LogP contribution < -0.4 is 10.6 Å². The van der Waals surface area contributed by atoms with E-state index in [1.165, 1.54) is 12.8 Å². The van der Waals surface area contributed by atoms with Crippen molar-refractivity contribution in [2.24, 2.45) is 5.92 Å². The van der Waals surface area contributed by atoms with Crippen LogP contribution in [0.2, 0.25) is 0 Å². The molecule has 0 spiro atoms. The summed E-state index contributed by atoms with van der Waals surface area (Å²) in [4.78, 5) is 11.6. The Morgan fingerprint density at radius 2 is 1.71 bits per heavy atom. The summed E-state index contributed by atoms with van der Waals surface area (Å²) in [5.41, 5.74) is -0.139. The first-order chi connectivity index (χ1) is 7.70. The molecule has 0 aromatic rings. The summed E-state index contributed by atoms with van der Waals surface area (Å²) in [6.45, 7) is 13.0. The van der Waals surface area contributed by atoms with Crippen LogP contribution in [0.15, 0.2) is 0 Å². The molecule has 0 aromatic carbocycles. The summed E-state index contributed by atoms with van der Waals surface area (Å²) in [6.07, 6.45) is 3.63. The highest BCUT2D eigenvalue weighted by Gasteiger charge is 2.13. The fourth-order valence-corrected chi connectivity index (χ4v) is 1.66. The van der Waals surface area contributed by atoms with E-state index in [0.717, 1.165) is 12.3 Å². The molecule has 102 valence electrons. The number of hydrogen-bond donors (Lipinski definition) is 2. The first kappa shape index (κ1) is 16.4. The first-order valence-corrected chi connectivity index (χ1v) is 6.75. The van der Waals surface area contributed by atoms with Crippen molar-refractivity contribution in [3.05, 3.63) is 0 Å². The molecule has 0 aliphatic rings. The Kier molecular flexibility index (Phi) is 7.44. The Hall–Kier alpha value is -0.570. The summed E-state index contributed by atoms with van der Waals surface area (Å²) in [6, 6.07) is 0.416. The van der Waals surface area contributed by atoms with Crippen molar-refractivity contribution in [1.82, 2.24) is 10.6 Å². The summed E-state index contributed by atoms with van der Waals surface area (Å²) < 4.78 is 0. The maximum absolute atomic E-state index is 11.6. The van der Waals surface area contributed by atoms with Gasteiger partial charge in [-0.3, -0.25) is 4.79 Å². The fraction of sp³-hybridized carbons (Fsp3) is 0.929. The Balaban J connectivity index is 3.62. The molecule has 0 saturated carbocycles. The van der Waals surface area contributed by atoms with Gasteiger partial charge in [0.2, 0.25) is 5.91 Å². The van der Waals surface area contributed by atoms with Gasteiger partial charge in [-0.1, -0.05) is 26.7 Å². The molecule has 0 saturated heterocycles. The van der Waals surface area contributed by atoms with Crippen LogP contribution in [0.1, 0.15) is 60.8 Å². The van der Waals surface area contributed by atoms with E-state index < -0.39 is 0 Å². The SMILES string of the molecule is CC(C)CCCC(C)NCC(=O)NC(C)(C)C. The van der Waals surface area contributed by atoms with Crippen LogP contribution in [0.3, 0.4) is 0 Å². The van der Waals surface area contributed by atoms with Crippen LogP contribution in [-0.2, 0) is 4.79 Å². The molecule has 0 heterocycles. The zero-order chi connectivity index (χ0) is 13.5. The van der Waals surface area contributed by atoms with Crippen molar-refractivity contribution in [1.29, 1.82) is 0 Å². The second kappa shape index (κ2) is 7.70. The molecule has 17 heavy (non-hydrogen) atoms. The average Bonchev–Trinajstić information content (AvgIpc) is 2.11. The third-order valence-electron chi connectivity index (χ3n) is 2.54. The summed E-state index contributed by atoms with van der Waals surface area (Å²) in [7, 11) is 0. The molecule has 1 unspecified atom stereocenters. The van der Waals surface area contributed by atoms with Gasteiger partial charge in [-0.2, -0.15) is 0 Å². The van der Waals surface area contributed by atoms with E-state index in [0.29, 0.717) is 12.6 Å². The van der Waals surface area contributed by atoms with Crippen molar-refractivity contribution >= 4 is 5.91 Å². The molecule has 0 bridgehead atoms. The lowest BCUT2D eigenvalue weighted by molar-refractivity contribution is -0.121. The van der Waals surface area contributed by atoms with Crippen molar-refractivity contribution in [2.75, 3.05) is 6.54 Å². The van der Waals surface area contributed by atoms with Crippen LogP contribution in [0, 0.1) is 5.92 Å². The largest absolute Gasteiger partial charge is 0.350 e. The normalized spacial score (nSPS) is 13.8. The van der Waals surface area contributed by atoms with Gasteiger partial charge in [0.1, 0.15) is 0 Å². The van der Waals surface area contributed by atoms with E-state index in [-0.39, 0.29) is 11.4 Å². The molecule has 1 atom stereocenters. The minimum absolute atomic E-state index is 0.0770. The number of amides is 1. The average molecular weight is 242 g/mol. The monoisotopic (exact) mass is 242 g/mol. The number of nitrogens with one attached hydrogen (secondary N) is 2. The molecular weight excluding hydrogens is 212 g/mol. The Morgan fingerprint density at radius 1 is 1.12 bits per heavy atom. The minimum atomic E-state index is -0.139. The van der Waals surface area contributed by atoms with Crippen LogP contribution in [0.4, 0.5) is 0 Å². The molecule has 0 fully saturated rings. The maximum Gasteiger partial charge on any atom is 0.234 e. The quantitative estimate of drug-likeness (QED) is 0.720. The minimum Gasteiger partial charge on any atom is -0.350 e. The summed E-state index contributed by atoms with van der Waals surface area (Å²) in [5, 5.41) is 6.21. The van der Waals surface area contributed by atoms with Gasteiger partial charge >= 0.3 is 0 Å². The van der Waals surface area contributed by atoms with E-state index in [1.807, 2.05) is 20.8 Å². The fourth-order valence-electron chi connectivity index (χ4n) is 1.66. The summed E-state index contributed by atoms with van der Waals surface area (Å²) >= 11 is 0. The highest BCUT2D eigenvalue weighted by molar-refractivity contribution is 5.78. The summed E-state index contributed by atoms with van der Waals surface area (Å²) in [5.74, 6) is 0.847. The number of carbonyl (C=O) groups is 1. The van der Waals surface area contributed by atoms with Crippen LogP contribution >= 0.6 is 0 Å². The number of hydrogen-bond acceptors (Lipinski definition) is 2. The first-order valence-electron chi connectivity index (χ1n) is 6.75. The highest BCUT2D eigenvalue weighted by Crippen LogP contribution is 2.08. The van der Waals surface area contributed by atoms with Gasteiger partial charge in [-0.15, -0.1) is 0 Å². The zero-order valence-corrected chi connectivity index (χ0v) is 12.4. The van der Waals surface area contributed by atoms with E-state index in [4.69, 9.17) is 0 Å². The second-order valence-corrected chi connectivity index (χ2v) is 6.40. The number of carbonyl (C=O) groups excluding carboxylic acids is 1. The molecule has 0 aliphatic heterocycles. The van der Waals surface area contributed by atoms with Gasteiger partial charge in [0.05, 0.1) is 6.54 Å². The van der Waals surface area contributed by atoms with Gasteiger partial charge in [-0.05, 0) is 40.0 Å². The van der Waals surface area contributed by atoms with E-state index in [2.05, 4.69) is 31.4 Å². The Labute approximate surface area is 107 Å². The van der Waals surface area contributed by atoms with Crippen molar-refractivity contribution in [3.8, 4) is 0 Å². The van der Waals surface area contributed by atoms with Crippen molar-refractivity contribution < 1.29 is 4.79 Å². The van der Waals surface area contributed by atoms with Gasteiger partial charge in [0.25, 0.3) is 0 Å². The lowest BCUT2D eigenvalue weighted by Crippen LogP contribution is -2.46. The van der Waals surface area contributed by atoms with Crippen LogP contribution in [-0.4, -0.2) is 24.0 Å². The molecular formula is C14H30N2O. The van der Waals surface area contributed by atoms with E-state index >= 15 is 0 Å². The van der Waals surface area contributed by atoms with Gasteiger partial charge in [-0.25, -0.2) is 0 Å². The molecule has 0 aliphatic carbocycles. The zero-order valence-electron chi connectivity index (χ0n) is 12.4. The third kappa shape index (κ3) is 11.7. The molecule has 3 nitrogen and oxygen atoms in total. The van der Waals surface area contributed by atoms with Crippen molar-refractivity contribution in [3.63, 3.8) is 0 Å². The Morgan fingerprint density at radius 3 is 2.18 bits per heavy atom. The van der Waals surface area contributed by atoms with Crippen LogP contribution in [0.5, 0.6) is 0 Å². The lowest BCUT2D eigenvalue weighted by atomic mass is 10.0. The third-order valence-corrected chi connectivity index (χ3v) is 2.54.